The molecule has 0 bridgehead atoms. The van der Waals surface area contributed by atoms with Gasteiger partial charge in [-0.05, 0) is 23.8 Å². The second-order valence-corrected chi connectivity index (χ2v) is 6.15. The molecular weight excluding hydrogens is 360 g/mol. The van der Waals surface area contributed by atoms with Crippen LogP contribution in [0.1, 0.15) is 51.3 Å². The second-order valence-electron chi connectivity index (χ2n) is 6.15. The molecule has 0 heterocycles. The molecule has 6 nitrogen and oxygen atoms in total. The van der Waals surface area contributed by atoms with Gasteiger partial charge in [-0.15, -0.1) is 0 Å². The maximum absolute atomic E-state index is 12.6. The van der Waals surface area contributed by atoms with Crippen molar-refractivity contribution in [3.8, 4) is 11.5 Å². The number of esters is 1. The number of ketones is 2. The molecule has 0 radical (unpaired) electrons. The summed E-state index contributed by atoms with van der Waals surface area (Å²) in [4.78, 5) is 37.1. The minimum Gasteiger partial charge on any atom is -0.496 e. The fraction of sp³-hybridized carbons (Fsp3) is 0.227. The summed E-state index contributed by atoms with van der Waals surface area (Å²) in [5, 5.41) is 0. The normalized spacial score (nSPS) is 13.7. The third kappa shape index (κ3) is 3.41. The molecule has 1 aliphatic carbocycles. The van der Waals surface area contributed by atoms with Gasteiger partial charge >= 0.3 is 5.97 Å². The molecule has 0 saturated carbocycles. The first-order valence-electron chi connectivity index (χ1n) is 8.81. The molecule has 0 aliphatic heterocycles. The first-order chi connectivity index (χ1) is 13.5. The Balaban J connectivity index is 2.29. The van der Waals surface area contributed by atoms with Gasteiger partial charge in [0.2, 0.25) is 0 Å². The average molecular weight is 380 g/mol. The number of hydrogen-bond donors (Lipinski definition) is 0. The van der Waals surface area contributed by atoms with Crippen molar-refractivity contribution in [1.82, 2.24) is 0 Å². The molecule has 6 heteroatoms. The van der Waals surface area contributed by atoms with E-state index in [0.29, 0.717) is 11.1 Å². The Kier molecular flexibility index (Phi) is 5.59. The molecule has 0 N–H and O–H groups in total. The van der Waals surface area contributed by atoms with Crippen molar-refractivity contribution in [2.24, 2.45) is 0 Å². The second kappa shape index (κ2) is 8.08. The molecule has 1 aliphatic rings. The molecule has 144 valence electrons. The van der Waals surface area contributed by atoms with Gasteiger partial charge in [0.1, 0.15) is 11.5 Å². The summed E-state index contributed by atoms with van der Waals surface area (Å²) >= 11 is 0. The molecule has 3 rings (SSSR count). The summed E-state index contributed by atoms with van der Waals surface area (Å²) in [7, 11) is 2.82. The summed E-state index contributed by atoms with van der Waals surface area (Å²) in [5.41, 5.74) is 1.39. The smallest absolute Gasteiger partial charge is 0.306 e. The molecule has 28 heavy (non-hydrogen) atoms. The van der Waals surface area contributed by atoms with Crippen LogP contribution in [0.25, 0.3) is 0 Å². The van der Waals surface area contributed by atoms with Gasteiger partial charge in [0.15, 0.2) is 17.7 Å². The highest BCUT2D eigenvalue weighted by Gasteiger charge is 2.33. The van der Waals surface area contributed by atoms with E-state index in [1.807, 2.05) is 30.3 Å². The number of benzene rings is 2. The zero-order valence-corrected chi connectivity index (χ0v) is 15.9. The van der Waals surface area contributed by atoms with Crippen LogP contribution >= 0.6 is 0 Å². The molecular formula is C22H20O6. The van der Waals surface area contributed by atoms with Gasteiger partial charge in [0.25, 0.3) is 0 Å². The summed E-state index contributed by atoms with van der Waals surface area (Å²) in [6.07, 6.45) is 1.77. The van der Waals surface area contributed by atoms with E-state index in [1.54, 1.807) is 13.0 Å². The number of fused-ring (bicyclic) bond motifs is 1. The van der Waals surface area contributed by atoms with Crippen molar-refractivity contribution in [2.75, 3.05) is 14.2 Å². The molecule has 0 aromatic heterocycles. The quantitative estimate of drug-likeness (QED) is 0.712. The highest BCUT2D eigenvalue weighted by Crippen LogP contribution is 2.42. The van der Waals surface area contributed by atoms with Crippen LogP contribution in [0.5, 0.6) is 11.5 Å². The zero-order chi connectivity index (χ0) is 20.3. The van der Waals surface area contributed by atoms with Gasteiger partial charge < -0.3 is 14.2 Å². The Hall–Kier alpha value is -3.41. The van der Waals surface area contributed by atoms with Crippen LogP contribution < -0.4 is 9.47 Å². The number of hydrogen-bond acceptors (Lipinski definition) is 6. The van der Waals surface area contributed by atoms with Crippen molar-refractivity contribution >= 4 is 17.5 Å². The summed E-state index contributed by atoms with van der Waals surface area (Å²) in [6, 6.07) is 10.7. The molecule has 1 atom stereocenters. The lowest BCUT2D eigenvalue weighted by Gasteiger charge is -2.25. The van der Waals surface area contributed by atoms with Crippen LogP contribution in [0.15, 0.2) is 48.6 Å². The number of allylic oxidation sites excluding steroid dienone is 2. The van der Waals surface area contributed by atoms with E-state index in [1.165, 1.54) is 26.4 Å². The highest BCUT2D eigenvalue weighted by molar-refractivity contribution is 6.24. The monoisotopic (exact) mass is 380 g/mol. The van der Waals surface area contributed by atoms with Crippen molar-refractivity contribution in [3.63, 3.8) is 0 Å². The van der Waals surface area contributed by atoms with Crippen LogP contribution in [0.3, 0.4) is 0 Å². The molecule has 2 aromatic carbocycles. The lowest BCUT2D eigenvalue weighted by atomic mass is 9.88. The molecule has 0 spiro atoms. The third-order valence-electron chi connectivity index (χ3n) is 4.50. The Morgan fingerprint density at radius 3 is 2.18 bits per heavy atom. The van der Waals surface area contributed by atoms with Crippen molar-refractivity contribution in [3.05, 3.63) is 70.8 Å². The summed E-state index contributed by atoms with van der Waals surface area (Å²) in [5.74, 6) is -0.716. The SMILES string of the molecule is CCC(=O)OC(c1ccccc1)c1cc(OC)c2c(c1OC)C(=O)C=CC2=O. The maximum atomic E-state index is 12.6. The number of ether oxygens (including phenoxy) is 3. The van der Waals surface area contributed by atoms with Crippen LogP contribution in [0.4, 0.5) is 0 Å². The summed E-state index contributed by atoms with van der Waals surface area (Å²) < 4.78 is 16.6. The standard InChI is InChI=1S/C22H20O6/c1-4-18(25)28-21(13-8-6-5-7-9-13)14-12-17(26-2)19-15(23)10-11-16(24)20(19)22(14)27-3/h5-12,21H,4H2,1-3H3. The molecule has 0 fully saturated rings. The largest absolute Gasteiger partial charge is 0.496 e. The Labute approximate surface area is 162 Å². The number of carbonyl (C=O) groups is 3. The first kappa shape index (κ1) is 19.4. The molecule has 0 saturated heterocycles. The van der Waals surface area contributed by atoms with Crippen LogP contribution in [0.2, 0.25) is 0 Å². The average Bonchev–Trinajstić information content (AvgIpc) is 2.73. The van der Waals surface area contributed by atoms with Crippen LogP contribution in [-0.2, 0) is 9.53 Å². The van der Waals surface area contributed by atoms with E-state index < -0.39 is 12.1 Å². The van der Waals surface area contributed by atoms with Gasteiger partial charge in [-0.1, -0.05) is 37.3 Å². The van der Waals surface area contributed by atoms with Crippen molar-refractivity contribution in [2.45, 2.75) is 19.4 Å². The Morgan fingerprint density at radius 2 is 1.61 bits per heavy atom. The van der Waals surface area contributed by atoms with Crippen LogP contribution in [-0.4, -0.2) is 31.8 Å². The van der Waals surface area contributed by atoms with Crippen LogP contribution in [0, 0.1) is 0 Å². The molecule has 2 aromatic rings. The van der Waals surface area contributed by atoms with E-state index in [-0.39, 0.29) is 40.6 Å². The van der Waals surface area contributed by atoms with E-state index in [0.717, 1.165) is 0 Å². The van der Waals surface area contributed by atoms with Gasteiger partial charge in [-0.3, -0.25) is 14.4 Å². The van der Waals surface area contributed by atoms with E-state index in [2.05, 4.69) is 0 Å². The lowest BCUT2D eigenvalue weighted by molar-refractivity contribution is -0.147. The van der Waals surface area contributed by atoms with E-state index >= 15 is 0 Å². The number of methoxy groups -OCH3 is 2. The van der Waals surface area contributed by atoms with E-state index in [9.17, 15) is 14.4 Å². The number of rotatable bonds is 6. The zero-order valence-electron chi connectivity index (χ0n) is 15.9. The topological polar surface area (TPSA) is 78.9 Å². The predicted molar refractivity (Wildman–Crippen MR) is 102 cm³/mol. The fourth-order valence-electron chi connectivity index (χ4n) is 3.19. The van der Waals surface area contributed by atoms with Crippen molar-refractivity contribution in [1.29, 1.82) is 0 Å². The predicted octanol–water partition coefficient (Wildman–Crippen LogP) is 3.68. The highest BCUT2D eigenvalue weighted by atomic mass is 16.5. The maximum Gasteiger partial charge on any atom is 0.306 e. The Morgan fingerprint density at radius 1 is 0.964 bits per heavy atom. The lowest BCUT2D eigenvalue weighted by Crippen LogP contribution is -2.19. The molecule has 0 amide bonds. The van der Waals surface area contributed by atoms with E-state index in [4.69, 9.17) is 14.2 Å². The van der Waals surface area contributed by atoms with Gasteiger partial charge in [-0.2, -0.15) is 0 Å². The van der Waals surface area contributed by atoms with Gasteiger partial charge in [0.05, 0.1) is 25.3 Å². The fourth-order valence-corrected chi connectivity index (χ4v) is 3.19. The Bertz CT molecular complexity index is 959. The van der Waals surface area contributed by atoms with Crippen molar-refractivity contribution < 1.29 is 28.6 Å². The summed E-state index contributed by atoms with van der Waals surface area (Å²) in [6.45, 7) is 1.70. The first-order valence-corrected chi connectivity index (χ1v) is 8.81. The molecule has 1 unspecified atom stereocenters. The minimum absolute atomic E-state index is 0.109. The van der Waals surface area contributed by atoms with Gasteiger partial charge in [-0.25, -0.2) is 0 Å². The third-order valence-corrected chi connectivity index (χ3v) is 4.50. The minimum atomic E-state index is -0.823. The number of carbonyl (C=O) groups excluding carboxylic acids is 3. The van der Waals surface area contributed by atoms with Gasteiger partial charge in [0, 0.05) is 12.0 Å².